The van der Waals surface area contributed by atoms with E-state index in [2.05, 4.69) is 51.8 Å². The second-order valence-electron chi connectivity index (χ2n) is 10.1. The van der Waals surface area contributed by atoms with Crippen LogP contribution < -0.4 is 4.74 Å². The van der Waals surface area contributed by atoms with Gasteiger partial charge in [-0.2, -0.15) is 0 Å². The molecular formula is C27H39N3O3. The molecule has 4 heterocycles. The summed E-state index contributed by atoms with van der Waals surface area (Å²) >= 11 is 0. The van der Waals surface area contributed by atoms with Crippen molar-refractivity contribution in [2.75, 3.05) is 46.0 Å². The van der Waals surface area contributed by atoms with Gasteiger partial charge in [0.1, 0.15) is 5.75 Å². The molecule has 1 amide bonds. The van der Waals surface area contributed by atoms with Crippen molar-refractivity contribution in [1.82, 2.24) is 14.4 Å². The molecule has 1 aromatic carbocycles. The van der Waals surface area contributed by atoms with Crippen LogP contribution in [0, 0.1) is 5.92 Å². The smallest absolute Gasteiger partial charge is 0.225 e. The first-order valence-electron chi connectivity index (χ1n) is 13.0. The van der Waals surface area contributed by atoms with E-state index in [4.69, 9.17) is 9.47 Å². The Labute approximate surface area is 197 Å². The average molecular weight is 454 g/mol. The lowest BCUT2D eigenvalue weighted by atomic mass is 9.96. The molecule has 33 heavy (non-hydrogen) atoms. The minimum Gasteiger partial charge on any atom is -0.494 e. The maximum Gasteiger partial charge on any atom is 0.225 e. The minimum absolute atomic E-state index is 0.167. The Morgan fingerprint density at radius 2 is 1.88 bits per heavy atom. The van der Waals surface area contributed by atoms with Crippen molar-refractivity contribution in [2.24, 2.45) is 5.92 Å². The molecule has 5 rings (SSSR count). The number of fused-ring (bicyclic) bond motifs is 1. The van der Waals surface area contributed by atoms with Crippen molar-refractivity contribution in [1.29, 1.82) is 0 Å². The summed E-state index contributed by atoms with van der Waals surface area (Å²) < 4.78 is 13.9. The quantitative estimate of drug-likeness (QED) is 0.580. The maximum atomic E-state index is 12.8. The van der Waals surface area contributed by atoms with Gasteiger partial charge in [-0.1, -0.05) is 0 Å². The molecule has 0 unspecified atom stereocenters. The van der Waals surface area contributed by atoms with Gasteiger partial charge in [0.25, 0.3) is 0 Å². The third-order valence-corrected chi connectivity index (χ3v) is 7.98. The van der Waals surface area contributed by atoms with E-state index in [1.54, 1.807) is 0 Å². The summed E-state index contributed by atoms with van der Waals surface area (Å²) in [5.41, 5.74) is 1.27. The Balaban J connectivity index is 1.13. The van der Waals surface area contributed by atoms with Gasteiger partial charge >= 0.3 is 0 Å². The third kappa shape index (κ3) is 5.22. The largest absolute Gasteiger partial charge is 0.494 e. The number of amides is 1. The van der Waals surface area contributed by atoms with Crippen molar-refractivity contribution in [3.63, 3.8) is 0 Å². The van der Waals surface area contributed by atoms with E-state index < -0.39 is 0 Å². The Kier molecular flexibility index (Phi) is 7.21. The van der Waals surface area contributed by atoms with Crippen LogP contribution in [0.1, 0.15) is 57.9 Å². The van der Waals surface area contributed by atoms with Gasteiger partial charge < -0.3 is 23.8 Å². The summed E-state index contributed by atoms with van der Waals surface area (Å²) in [6.07, 6.45) is 9.75. The first kappa shape index (κ1) is 22.7. The highest BCUT2D eigenvalue weighted by Gasteiger charge is 2.30. The molecule has 0 N–H and O–H groups in total. The number of aromatic nitrogens is 1. The van der Waals surface area contributed by atoms with Crippen LogP contribution in [0.15, 0.2) is 30.5 Å². The molecule has 2 aromatic rings. The van der Waals surface area contributed by atoms with Gasteiger partial charge in [0.05, 0.1) is 6.61 Å². The number of nitrogens with zero attached hydrogens (tertiary/aromatic N) is 3. The van der Waals surface area contributed by atoms with Crippen LogP contribution in [0.2, 0.25) is 0 Å². The first-order chi connectivity index (χ1) is 16.2. The molecule has 1 atom stereocenters. The molecule has 6 heteroatoms. The van der Waals surface area contributed by atoms with Gasteiger partial charge in [-0.15, -0.1) is 0 Å². The number of rotatable bonds is 7. The molecule has 3 aliphatic heterocycles. The van der Waals surface area contributed by atoms with Gasteiger partial charge in [0, 0.05) is 67.9 Å². The van der Waals surface area contributed by atoms with E-state index in [1.807, 2.05) is 0 Å². The van der Waals surface area contributed by atoms with Gasteiger partial charge in [0.2, 0.25) is 5.91 Å². The van der Waals surface area contributed by atoms with E-state index in [0.29, 0.717) is 11.9 Å². The maximum absolute atomic E-state index is 12.8. The summed E-state index contributed by atoms with van der Waals surface area (Å²) in [7, 11) is 0. The molecule has 0 aliphatic carbocycles. The highest BCUT2D eigenvalue weighted by molar-refractivity contribution is 5.82. The molecule has 1 aromatic heterocycles. The van der Waals surface area contributed by atoms with Crippen LogP contribution in [0.3, 0.4) is 0 Å². The summed E-state index contributed by atoms with van der Waals surface area (Å²) in [5.74, 6) is 1.47. The number of piperidine rings is 1. The summed E-state index contributed by atoms with van der Waals surface area (Å²) in [5, 5.41) is 1.24. The second-order valence-corrected chi connectivity index (χ2v) is 10.1. The standard InChI is InChI=1S/C27H39N3O3/c1-21-4-2-12-28(21)13-3-17-33-25-5-6-26-23(20-25)7-16-30(26)24-8-14-29(15-9-24)27(31)22-10-18-32-19-11-22/h5-7,16,20-22,24H,2-4,8-15,17-19H2,1H3/t21-/m1/s1. The van der Waals surface area contributed by atoms with Crippen molar-refractivity contribution in [2.45, 2.75) is 64.0 Å². The first-order valence-corrected chi connectivity index (χ1v) is 13.0. The lowest BCUT2D eigenvalue weighted by Gasteiger charge is -2.36. The Bertz CT molecular complexity index is 928. The fourth-order valence-electron chi connectivity index (χ4n) is 5.90. The molecular weight excluding hydrogens is 414 g/mol. The predicted molar refractivity (Wildman–Crippen MR) is 131 cm³/mol. The van der Waals surface area contributed by atoms with Crippen molar-refractivity contribution < 1.29 is 14.3 Å². The van der Waals surface area contributed by atoms with E-state index >= 15 is 0 Å². The normalized spacial score (nSPS) is 23.4. The van der Waals surface area contributed by atoms with Crippen LogP contribution in [0.4, 0.5) is 0 Å². The minimum atomic E-state index is 0.167. The van der Waals surface area contributed by atoms with Gasteiger partial charge in [-0.3, -0.25) is 4.79 Å². The van der Waals surface area contributed by atoms with E-state index in [-0.39, 0.29) is 5.92 Å². The number of carbonyl (C=O) groups is 1. The zero-order chi connectivity index (χ0) is 22.6. The summed E-state index contributed by atoms with van der Waals surface area (Å²) in [4.78, 5) is 17.5. The summed E-state index contributed by atoms with van der Waals surface area (Å²) in [6.45, 7) is 8.65. The van der Waals surface area contributed by atoms with Crippen LogP contribution in [0.25, 0.3) is 10.9 Å². The van der Waals surface area contributed by atoms with Crippen LogP contribution >= 0.6 is 0 Å². The number of carbonyl (C=O) groups excluding carboxylic acids is 1. The molecule has 0 spiro atoms. The average Bonchev–Trinajstić information content (AvgIpc) is 3.47. The van der Waals surface area contributed by atoms with Gasteiger partial charge in [-0.25, -0.2) is 0 Å². The second kappa shape index (κ2) is 10.5. The van der Waals surface area contributed by atoms with Crippen molar-refractivity contribution >= 4 is 16.8 Å². The number of hydrogen-bond donors (Lipinski definition) is 0. The van der Waals surface area contributed by atoms with E-state index in [9.17, 15) is 4.79 Å². The molecule has 3 aliphatic rings. The Morgan fingerprint density at radius 1 is 1.06 bits per heavy atom. The topological polar surface area (TPSA) is 46.9 Å². The lowest BCUT2D eigenvalue weighted by Crippen LogP contribution is -2.43. The number of ether oxygens (including phenoxy) is 2. The molecule has 3 saturated heterocycles. The number of likely N-dealkylation sites (tertiary alicyclic amines) is 2. The van der Waals surface area contributed by atoms with Crippen molar-refractivity contribution in [3.05, 3.63) is 30.5 Å². The van der Waals surface area contributed by atoms with E-state index in [0.717, 1.165) is 83.4 Å². The van der Waals surface area contributed by atoms with Gasteiger partial charge in [0.15, 0.2) is 0 Å². The Hall–Kier alpha value is -2.05. The molecule has 6 nitrogen and oxygen atoms in total. The van der Waals surface area contributed by atoms with Crippen LogP contribution in [-0.4, -0.2) is 72.3 Å². The predicted octanol–water partition coefficient (Wildman–Crippen LogP) is 4.48. The molecule has 0 bridgehead atoms. The Morgan fingerprint density at radius 3 is 2.64 bits per heavy atom. The fraction of sp³-hybridized carbons (Fsp3) is 0.667. The zero-order valence-corrected chi connectivity index (χ0v) is 20.1. The number of hydrogen-bond acceptors (Lipinski definition) is 4. The highest BCUT2D eigenvalue weighted by Crippen LogP contribution is 2.31. The number of benzene rings is 1. The fourth-order valence-corrected chi connectivity index (χ4v) is 5.90. The molecule has 0 saturated carbocycles. The molecule has 180 valence electrons. The molecule has 3 fully saturated rings. The SMILES string of the molecule is C[C@@H]1CCCN1CCCOc1ccc2c(ccn2C2CCN(C(=O)C3CCOCC3)CC2)c1. The lowest BCUT2D eigenvalue weighted by molar-refractivity contribution is -0.139. The van der Waals surface area contributed by atoms with Crippen LogP contribution in [0.5, 0.6) is 5.75 Å². The zero-order valence-electron chi connectivity index (χ0n) is 20.1. The molecule has 0 radical (unpaired) electrons. The van der Waals surface area contributed by atoms with Gasteiger partial charge in [-0.05, 0) is 82.7 Å². The highest BCUT2D eigenvalue weighted by atomic mass is 16.5. The van der Waals surface area contributed by atoms with E-state index in [1.165, 1.54) is 30.3 Å². The monoisotopic (exact) mass is 453 g/mol. The summed E-state index contributed by atoms with van der Waals surface area (Å²) in [6, 6.07) is 9.87. The third-order valence-electron chi connectivity index (χ3n) is 7.98. The van der Waals surface area contributed by atoms with Crippen molar-refractivity contribution in [3.8, 4) is 5.75 Å². The van der Waals surface area contributed by atoms with Crippen LogP contribution in [-0.2, 0) is 9.53 Å².